The summed E-state index contributed by atoms with van der Waals surface area (Å²) in [4.78, 5) is 37.2. The Hall–Kier alpha value is -2.69. The van der Waals surface area contributed by atoms with Gasteiger partial charge in [0.1, 0.15) is 17.6 Å². The normalized spacial score (nSPS) is 19.9. The molecule has 0 bridgehead atoms. The Morgan fingerprint density at radius 3 is 2.67 bits per heavy atom. The molecule has 0 saturated carbocycles. The number of imide groups is 1. The van der Waals surface area contributed by atoms with Crippen molar-refractivity contribution in [2.45, 2.75) is 38.3 Å². The van der Waals surface area contributed by atoms with Gasteiger partial charge in [0.25, 0.3) is 12.3 Å². The molecule has 4 rings (SSSR count). The van der Waals surface area contributed by atoms with Gasteiger partial charge in [-0.3, -0.25) is 4.79 Å². The van der Waals surface area contributed by atoms with Crippen LogP contribution in [0.25, 0.3) is 11.2 Å². The molecule has 3 amide bonds. The zero-order valence-corrected chi connectivity index (χ0v) is 14.7. The quantitative estimate of drug-likeness (QED) is 0.797. The number of hydrogen-bond donors (Lipinski definition) is 1. The summed E-state index contributed by atoms with van der Waals surface area (Å²) in [5, 5.41) is 7.06. The molecule has 2 aliphatic rings. The molecule has 2 aromatic heterocycles. The molecule has 0 aromatic carbocycles. The van der Waals surface area contributed by atoms with E-state index in [0.717, 1.165) is 9.58 Å². The zero-order chi connectivity index (χ0) is 19.2. The van der Waals surface area contributed by atoms with Crippen LogP contribution < -0.4 is 10.2 Å². The van der Waals surface area contributed by atoms with E-state index >= 15 is 0 Å². The molecule has 9 nitrogen and oxygen atoms in total. The van der Waals surface area contributed by atoms with Crippen LogP contribution in [0.4, 0.5) is 19.4 Å². The molecule has 2 aliphatic heterocycles. The number of piperidine rings is 1. The molecule has 2 aromatic rings. The van der Waals surface area contributed by atoms with Crippen LogP contribution in [0.5, 0.6) is 0 Å². The van der Waals surface area contributed by atoms with Gasteiger partial charge in [-0.05, 0) is 32.9 Å². The number of halogens is 2. The van der Waals surface area contributed by atoms with Crippen LogP contribution in [0.1, 0.15) is 19.8 Å². The molecule has 144 valence electrons. The van der Waals surface area contributed by atoms with E-state index in [0.29, 0.717) is 38.0 Å². The van der Waals surface area contributed by atoms with Crippen molar-refractivity contribution < 1.29 is 18.4 Å². The molecule has 27 heavy (non-hydrogen) atoms. The first-order valence-electron chi connectivity index (χ1n) is 8.81. The van der Waals surface area contributed by atoms with Gasteiger partial charge >= 0.3 is 6.03 Å². The van der Waals surface area contributed by atoms with Gasteiger partial charge in [0, 0.05) is 6.54 Å². The van der Waals surface area contributed by atoms with E-state index in [-0.39, 0.29) is 17.4 Å². The van der Waals surface area contributed by atoms with Crippen molar-refractivity contribution in [3.8, 4) is 0 Å². The second-order valence-electron chi connectivity index (χ2n) is 6.60. The van der Waals surface area contributed by atoms with E-state index in [2.05, 4.69) is 20.4 Å². The third kappa shape index (κ3) is 2.64. The SMILES string of the molecule is CCN1C(=O)N(c2cnc3cnn(CC(F)F)c3n2)C(=O)C12CCNCC2. The summed E-state index contributed by atoms with van der Waals surface area (Å²) in [6.45, 7) is 2.84. The maximum atomic E-state index is 13.2. The van der Waals surface area contributed by atoms with Crippen LogP contribution in [-0.2, 0) is 11.3 Å². The number of carbonyl (C=O) groups excluding carboxylic acids is 2. The fraction of sp³-hybridized carbons (Fsp3) is 0.562. The van der Waals surface area contributed by atoms with Crippen LogP contribution in [0.3, 0.4) is 0 Å². The summed E-state index contributed by atoms with van der Waals surface area (Å²) < 4.78 is 26.5. The zero-order valence-electron chi connectivity index (χ0n) is 14.7. The van der Waals surface area contributed by atoms with Crippen LogP contribution in [0.15, 0.2) is 12.4 Å². The molecule has 2 saturated heterocycles. The number of nitrogens with one attached hydrogen (secondary N) is 1. The maximum Gasteiger partial charge on any atom is 0.333 e. The van der Waals surface area contributed by atoms with Gasteiger partial charge < -0.3 is 10.2 Å². The van der Waals surface area contributed by atoms with Crippen LogP contribution >= 0.6 is 0 Å². The van der Waals surface area contributed by atoms with Crippen LogP contribution in [0.2, 0.25) is 0 Å². The third-order valence-corrected chi connectivity index (χ3v) is 5.16. The number of likely N-dealkylation sites (N-methyl/N-ethyl adjacent to an activating group) is 1. The van der Waals surface area contributed by atoms with Crippen molar-refractivity contribution in [2.24, 2.45) is 0 Å². The van der Waals surface area contributed by atoms with E-state index in [1.54, 1.807) is 4.90 Å². The van der Waals surface area contributed by atoms with Crippen LogP contribution in [-0.4, -0.2) is 68.2 Å². The molecular weight excluding hydrogens is 360 g/mol. The summed E-state index contributed by atoms with van der Waals surface area (Å²) >= 11 is 0. The Labute approximate surface area is 153 Å². The lowest BCUT2D eigenvalue weighted by molar-refractivity contribution is -0.126. The number of fused-ring (bicyclic) bond motifs is 1. The average Bonchev–Trinajstić information content (AvgIpc) is 3.12. The maximum absolute atomic E-state index is 13.2. The van der Waals surface area contributed by atoms with Gasteiger partial charge in [-0.25, -0.2) is 33.1 Å². The fourth-order valence-corrected chi connectivity index (χ4v) is 3.89. The van der Waals surface area contributed by atoms with E-state index < -0.39 is 24.5 Å². The minimum atomic E-state index is -2.61. The van der Waals surface area contributed by atoms with Gasteiger partial charge in [0.15, 0.2) is 11.5 Å². The Morgan fingerprint density at radius 2 is 2.00 bits per heavy atom. The number of alkyl halides is 2. The Bertz CT molecular complexity index is 894. The van der Waals surface area contributed by atoms with Crippen molar-refractivity contribution >= 4 is 28.9 Å². The predicted molar refractivity (Wildman–Crippen MR) is 91.4 cm³/mol. The number of carbonyl (C=O) groups is 2. The molecule has 0 unspecified atom stereocenters. The Morgan fingerprint density at radius 1 is 1.26 bits per heavy atom. The topological polar surface area (TPSA) is 96.2 Å². The van der Waals surface area contributed by atoms with Gasteiger partial charge in [-0.15, -0.1) is 0 Å². The van der Waals surface area contributed by atoms with Crippen molar-refractivity contribution in [3.05, 3.63) is 12.4 Å². The molecule has 11 heteroatoms. The first-order valence-corrected chi connectivity index (χ1v) is 8.81. The summed E-state index contributed by atoms with van der Waals surface area (Å²) in [6, 6.07) is -0.460. The van der Waals surface area contributed by atoms with Crippen molar-refractivity contribution in [1.29, 1.82) is 0 Å². The summed E-state index contributed by atoms with van der Waals surface area (Å²) in [6.07, 6.45) is 1.05. The second-order valence-corrected chi connectivity index (χ2v) is 6.60. The number of anilines is 1. The Balaban J connectivity index is 1.76. The van der Waals surface area contributed by atoms with Gasteiger partial charge in [-0.2, -0.15) is 5.10 Å². The first-order chi connectivity index (χ1) is 13.0. The third-order valence-electron chi connectivity index (χ3n) is 5.16. The highest BCUT2D eigenvalue weighted by Gasteiger charge is 2.57. The average molecular weight is 379 g/mol. The van der Waals surface area contributed by atoms with E-state index in [4.69, 9.17) is 0 Å². The number of amides is 3. The highest BCUT2D eigenvalue weighted by atomic mass is 19.3. The number of nitrogens with zero attached hydrogens (tertiary/aromatic N) is 6. The van der Waals surface area contributed by atoms with Gasteiger partial charge in [0.2, 0.25) is 0 Å². The summed E-state index contributed by atoms with van der Waals surface area (Å²) in [5.74, 6) is -0.313. The number of urea groups is 1. The van der Waals surface area contributed by atoms with Crippen molar-refractivity contribution in [2.75, 3.05) is 24.5 Å². The largest absolute Gasteiger partial charge is 0.333 e. The number of aromatic nitrogens is 4. The van der Waals surface area contributed by atoms with E-state index in [9.17, 15) is 18.4 Å². The molecule has 2 fully saturated rings. The predicted octanol–water partition coefficient (Wildman–Crippen LogP) is 1.00. The van der Waals surface area contributed by atoms with Gasteiger partial charge in [-0.1, -0.05) is 0 Å². The molecule has 1 spiro atoms. The molecule has 0 atom stereocenters. The first kappa shape index (κ1) is 17.7. The number of rotatable bonds is 4. The van der Waals surface area contributed by atoms with E-state index in [1.807, 2.05) is 6.92 Å². The lowest BCUT2D eigenvalue weighted by atomic mass is 9.87. The Kier molecular flexibility index (Phi) is 4.25. The van der Waals surface area contributed by atoms with Gasteiger partial charge in [0.05, 0.1) is 12.4 Å². The van der Waals surface area contributed by atoms with Crippen molar-refractivity contribution in [1.82, 2.24) is 30.0 Å². The second kappa shape index (κ2) is 6.48. The lowest BCUT2D eigenvalue weighted by Gasteiger charge is -2.37. The fourth-order valence-electron chi connectivity index (χ4n) is 3.89. The molecule has 0 aliphatic carbocycles. The molecule has 4 heterocycles. The molecule has 0 radical (unpaired) electrons. The highest BCUT2D eigenvalue weighted by Crippen LogP contribution is 2.37. The minimum absolute atomic E-state index is 0.0300. The smallest absolute Gasteiger partial charge is 0.317 e. The monoisotopic (exact) mass is 379 g/mol. The summed E-state index contributed by atoms with van der Waals surface area (Å²) in [5.41, 5.74) is -0.457. The van der Waals surface area contributed by atoms with Crippen LogP contribution in [0, 0.1) is 0 Å². The number of hydrogen-bond acceptors (Lipinski definition) is 6. The standard InChI is InChI=1S/C16H19F2N7O2/c1-2-23-15(27)25(14(26)16(23)3-5-19-6-4-16)12-8-20-10-7-21-24(9-11(17)18)13(10)22-12/h7-8,11,19H,2-6,9H2,1H3. The summed E-state index contributed by atoms with van der Waals surface area (Å²) in [7, 11) is 0. The highest BCUT2D eigenvalue weighted by molar-refractivity contribution is 6.23. The van der Waals surface area contributed by atoms with Crippen molar-refractivity contribution in [3.63, 3.8) is 0 Å². The minimum Gasteiger partial charge on any atom is -0.317 e. The molecule has 1 N–H and O–H groups in total. The molecular formula is C16H19F2N7O2. The van der Waals surface area contributed by atoms with E-state index in [1.165, 1.54) is 12.4 Å². The lowest BCUT2D eigenvalue weighted by Crippen LogP contribution is -2.55.